The van der Waals surface area contributed by atoms with Crippen molar-refractivity contribution in [2.45, 2.75) is 6.92 Å². The zero-order chi connectivity index (χ0) is 9.56. The molecule has 12 heavy (non-hydrogen) atoms. The highest BCUT2D eigenvalue weighted by molar-refractivity contribution is 6.62. The summed E-state index contributed by atoms with van der Waals surface area (Å²) in [5.74, 6) is 0. The number of benzene rings is 1. The standard InChI is InChI=1S/C6H4Cl2.C2H3ClO/c7-5-3-1-2-4-6(5)8;1-2(3)4/h1-4H;1H3. The molecule has 0 aliphatic carbocycles. The molecule has 0 saturated carbocycles. The van der Waals surface area contributed by atoms with Crippen LogP contribution < -0.4 is 0 Å². The van der Waals surface area contributed by atoms with Crippen molar-refractivity contribution in [3.05, 3.63) is 34.3 Å². The van der Waals surface area contributed by atoms with E-state index < -0.39 is 0 Å². The van der Waals surface area contributed by atoms with Gasteiger partial charge in [0.25, 0.3) is 0 Å². The molecule has 1 aromatic carbocycles. The molecule has 0 atom stereocenters. The Labute approximate surface area is 86.2 Å². The maximum atomic E-state index is 9.21. The molecule has 1 nitrogen and oxygen atoms in total. The van der Waals surface area contributed by atoms with E-state index in [9.17, 15) is 4.79 Å². The van der Waals surface area contributed by atoms with Gasteiger partial charge < -0.3 is 0 Å². The van der Waals surface area contributed by atoms with Gasteiger partial charge in [0, 0.05) is 6.92 Å². The summed E-state index contributed by atoms with van der Waals surface area (Å²) in [7, 11) is 0. The van der Waals surface area contributed by atoms with Gasteiger partial charge in [-0.05, 0) is 23.7 Å². The highest BCUT2D eigenvalue weighted by atomic mass is 35.5. The van der Waals surface area contributed by atoms with Crippen LogP contribution in [-0.4, -0.2) is 5.24 Å². The molecule has 0 unspecified atom stereocenters. The first-order valence-corrected chi connectivity index (χ1v) is 4.23. The lowest BCUT2D eigenvalue weighted by atomic mass is 10.4. The fourth-order valence-corrected chi connectivity index (χ4v) is 0.711. The highest BCUT2D eigenvalue weighted by Gasteiger charge is 1.89. The number of hydrogen-bond donors (Lipinski definition) is 0. The van der Waals surface area contributed by atoms with Crippen molar-refractivity contribution >= 4 is 40.0 Å². The van der Waals surface area contributed by atoms with Gasteiger partial charge in [0.15, 0.2) is 0 Å². The van der Waals surface area contributed by atoms with E-state index in [1.54, 1.807) is 12.1 Å². The molecular formula is C8H7Cl3O. The molecule has 66 valence electrons. The van der Waals surface area contributed by atoms with Crippen molar-refractivity contribution in [2.24, 2.45) is 0 Å². The van der Waals surface area contributed by atoms with Gasteiger partial charge in [0.05, 0.1) is 10.0 Å². The van der Waals surface area contributed by atoms with Crippen molar-refractivity contribution in [1.29, 1.82) is 0 Å². The second-order valence-corrected chi connectivity index (χ2v) is 3.23. The molecule has 0 spiro atoms. The normalized spacial score (nSPS) is 8.33. The molecule has 0 aliphatic heterocycles. The van der Waals surface area contributed by atoms with E-state index in [0.717, 1.165) is 0 Å². The molecule has 0 N–H and O–H groups in total. The van der Waals surface area contributed by atoms with E-state index in [1.807, 2.05) is 12.1 Å². The Morgan fingerprint density at radius 1 is 1.17 bits per heavy atom. The van der Waals surface area contributed by atoms with Crippen LogP contribution in [0.2, 0.25) is 10.0 Å². The van der Waals surface area contributed by atoms with Crippen LogP contribution in [0.4, 0.5) is 0 Å². The molecule has 0 amide bonds. The molecule has 0 fully saturated rings. The van der Waals surface area contributed by atoms with E-state index in [4.69, 9.17) is 23.2 Å². The Hall–Kier alpha value is -0.240. The zero-order valence-electron chi connectivity index (χ0n) is 6.35. The molecule has 1 aromatic rings. The van der Waals surface area contributed by atoms with Crippen LogP contribution >= 0.6 is 34.8 Å². The third-order valence-corrected chi connectivity index (χ3v) is 1.58. The predicted molar refractivity (Wildman–Crippen MR) is 53.0 cm³/mol. The van der Waals surface area contributed by atoms with E-state index in [1.165, 1.54) is 6.92 Å². The number of carbonyl (C=O) groups excluding carboxylic acids is 1. The van der Waals surface area contributed by atoms with Crippen molar-refractivity contribution in [3.8, 4) is 0 Å². The van der Waals surface area contributed by atoms with Gasteiger partial charge in [-0.2, -0.15) is 0 Å². The summed E-state index contributed by atoms with van der Waals surface area (Å²) in [5, 5.41) is 0.850. The minimum Gasteiger partial charge on any atom is -0.282 e. The molecule has 4 heteroatoms. The maximum absolute atomic E-state index is 9.21. The zero-order valence-corrected chi connectivity index (χ0v) is 8.62. The van der Waals surface area contributed by atoms with Crippen LogP contribution in [0.15, 0.2) is 24.3 Å². The average molecular weight is 226 g/mol. The molecule has 0 aliphatic rings. The Morgan fingerprint density at radius 2 is 1.42 bits per heavy atom. The van der Waals surface area contributed by atoms with Crippen LogP contribution in [0.3, 0.4) is 0 Å². The Kier molecular flexibility index (Phi) is 6.17. The van der Waals surface area contributed by atoms with E-state index in [-0.39, 0.29) is 5.24 Å². The van der Waals surface area contributed by atoms with Crippen LogP contribution in [0.5, 0.6) is 0 Å². The first-order chi connectivity index (χ1) is 5.54. The van der Waals surface area contributed by atoms with E-state index >= 15 is 0 Å². The Bertz CT molecular complexity index is 235. The molecule has 0 saturated heterocycles. The topological polar surface area (TPSA) is 17.1 Å². The monoisotopic (exact) mass is 224 g/mol. The summed E-state index contributed by atoms with van der Waals surface area (Å²) in [5.41, 5.74) is 0. The molecule has 1 rings (SSSR count). The Morgan fingerprint density at radius 3 is 1.58 bits per heavy atom. The Balaban J connectivity index is 0.000000261. The average Bonchev–Trinajstić information content (AvgIpc) is 1.94. The van der Waals surface area contributed by atoms with Crippen molar-refractivity contribution < 1.29 is 4.79 Å². The fraction of sp³-hybridized carbons (Fsp3) is 0.125. The smallest absolute Gasteiger partial charge is 0.218 e. The molecule has 0 radical (unpaired) electrons. The van der Waals surface area contributed by atoms with Crippen molar-refractivity contribution in [2.75, 3.05) is 0 Å². The first kappa shape index (κ1) is 11.8. The van der Waals surface area contributed by atoms with Gasteiger partial charge in [0.1, 0.15) is 0 Å². The summed E-state index contributed by atoms with van der Waals surface area (Å²) in [6.07, 6.45) is 0. The van der Waals surface area contributed by atoms with Gasteiger partial charge in [-0.15, -0.1) is 0 Å². The summed E-state index contributed by atoms with van der Waals surface area (Å²) >= 11 is 15.8. The first-order valence-electron chi connectivity index (χ1n) is 3.10. The molecule has 0 heterocycles. The lowest BCUT2D eigenvalue weighted by molar-refractivity contribution is -0.109. The molecule has 0 bridgehead atoms. The second-order valence-electron chi connectivity index (χ2n) is 1.88. The van der Waals surface area contributed by atoms with E-state index in [2.05, 4.69) is 11.6 Å². The van der Waals surface area contributed by atoms with Gasteiger partial charge in [-0.1, -0.05) is 35.3 Å². The SMILES string of the molecule is CC(=O)Cl.Clc1ccccc1Cl. The molecule has 0 aromatic heterocycles. The van der Waals surface area contributed by atoms with Gasteiger partial charge in [0.2, 0.25) is 5.24 Å². The van der Waals surface area contributed by atoms with Crippen LogP contribution in [0.25, 0.3) is 0 Å². The molecular weight excluding hydrogens is 218 g/mol. The number of carbonyl (C=O) groups is 1. The maximum Gasteiger partial charge on any atom is 0.218 e. The van der Waals surface area contributed by atoms with Crippen LogP contribution in [0, 0.1) is 0 Å². The number of halogens is 3. The fourth-order valence-electron chi connectivity index (χ4n) is 0.439. The van der Waals surface area contributed by atoms with Crippen LogP contribution in [-0.2, 0) is 4.79 Å². The number of hydrogen-bond acceptors (Lipinski definition) is 1. The largest absolute Gasteiger partial charge is 0.282 e. The van der Waals surface area contributed by atoms with Gasteiger partial charge >= 0.3 is 0 Å². The quantitative estimate of drug-likeness (QED) is 0.614. The third kappa shape index (κ3) is 6.47. The lowest BCUT2D eigenvalue weighted by Gasteiger charge is -1.88. The second kappa shape index (κ2) is 6.30. The summed E-state index contributed by atoms with van der Waals surface area (Å²) in [6.45, 7) is 1.29. The van der Waals surface area contributed by atoms with Crippen LogP contribution in [0.1, 0.15) is 6.92 Å². The third-order valence-electron chi connectivity index (χ3n) is 0.824. The minimum absolute atomic E-state index is 0.361. The van der Waals surface area contributed by atoms with Gasteiger partial charge in [-0.3, -0.25) is 4.79 Å². The van der Waals surface area contributed by atoms with Gasteiger partial charge in [-0.25, -0.2) is 0 Å². The van der Waals surface area contributed by atoms with E-state index in [0.29, 0.717) is 10.0 Å². The minimum atomic E-state index is -0.361. The summed E-state index contributed by atoms with van der Waals surface area (Å²) in [4.78, 5) is 9.21. The summed E-state index contributed by atoms with van der Waals surface area (Å²) in [6, 6.07) is 7.19. The number of rotatable bonds is 0. The summed E-state index contributed by atoms with van der Waals surface area (Å²) < 4.78 is 0. The predicted octanol–water partition coefficient (Wildman–Crippen LogP) is 3.77. The van der Waals surface area contributed by atoms with Crippen molar-refractivity contribution in [3.63, 3.8) is 0 Å². The highest BCUT2D eigenvalue weighted by Crippen LogP contribution is 2.19. The lowest BCUT2D eigenvalue weighted by Crippen LogP contribution is -1.62. The van der Waals surface area contributed by atoms with Crippen molar-refractivity contribution in [1.82, 2.24) is 0 Å².